The van der Waals surface area contributed by atoms with Crippen LogP contribution in [0.25, 0.3) is 0 Å². The summed E-state index contributed by atoms with van der Waals surface area (Å²) in [4.78, 5) is 1.89. The van der Waals surface area contributed by atoms with Crippen LogP contribution in [0.3, 0.4) is 0 Å². The highest BCUT2D eigenvalue weighted by Gasteiger charge is 2.35. The van der Waals surface area contributed by atoms with E-state index in [1.54, 1.807) is 18.2 Å². The maximum absolute atomic E-state index is 14.2. The van der Waals surface area contributed by atoms with Crippen molar-refractivity contribution in [3.05, 3.63) is 76.2 Å². The number of anilines is 1. The Balaban J connectivity index is 1.96. The number of benzene rings is 2. The van der Waals surface area contributed by atoms with Gasteiger partial charge in [-0.25, -0.2) is 26.0 Å². The molecule has 0 spiro atoms. The number of rotatable bonds is 6. The third-order valence-electron chi connectivity index (χ3n) is 5.45. The highest BCUT2D eigenvalue weighted by Crippen LogP contribution is 2.42. The maximum atomic E-state index is 14.2. The highest BCUT2D eigenvalue weighted by atomic mass is 32.2. The monoisotopic (exact) mass is 471 g/mol. The van der Waals surface area contributed by atoms with Crippen LogP contribution in [0.1, 0.15) is 49.4 Å². The van der Waals surface area contributed by atoms with Crippen LogP contribution in [-0.4, -0.2) is 15.0 Å². The van der Waals surface area contributed by atoms with Crippen molar-refractivity contribution >= 4 is 15.5 Å². The van der Waals surface area contributed by atoms with Gasteiger partial charge in [0.15, 0.2) is 39.0 Å². The largest absolute Gasteiger partial charge is 0.468 e. The van der Waals surface area contributed by atoms with Gasteiger partial charge < -0.3 is 9.64 Å². The van der Waals surface area contributed by atoms with Gasteiger partial charge in [0.05, 0.1) is 17.2 Å². The second-order valence-electron chi connectivity index (χ2n) is 8.40. The number of fused-ring (bicyclic) bond motifs is 1. The Labute approximate surface area is 185 Å². The molecule has 4 nitrogen and oxygen atoms in total. The summed E-state index contributed by atoms with van der Waals surface area (Å²) in [6.07, 6.45) is 0.833. The van der Waals surface area contributed by atoms with Gasteiger partial charge in [-0.3, -0.25) is 0 Å². The highest BCUT2D eigenvalue weighted by molar-refractivity contribution is 7.89. The third-order valence-corrected chi connectivity index (χ3v) is 6.95. The molecule has 0 amide bonds. The smallest absolute Gasteiger partial charge is 0.187 e. The first-order valence-corrected chi connectivity index (χ1v) is 11.9. The normalized spacial score (nSPS) is 15.5. The molecule has 1 aliphatic heterocycles. The van der Waals surface area contributed by atoms with E-state index in [4.69, 9.17) is 4.74 Å². The summed E-state index contributed by atoms with van der Waals surface area (Å²) in [6.45, 7) is 11.1. The molecule has 3 rings (SSSR count). The molecule has 2 aromatic carbocycles. The van der Waals surface area contributed by atoms with Gasteiger partial charge in [-0.2, -0.15) is 0 Å². The van der Waals surface area contributed by atoms with E-state index >= 15 is 0 Å². The topological polar surface area (TPSA) is 46.6 Å². The van der Waals surface area contributed by atoms with E-state index in [2.05, 4.69) is 6.58 Å². The number of hydrogen-bond donors (Lipinski definition) is 0. The van der Waals surface area contributed by atoms with Crippen molar-refractivity contribution in [1.29, 1.82) is 0 Å². The Morgan fingerprint density at radius 3 is 2.19 bits per heavy atom. The Morgan fingerprint density at radius 2 is 1.62 bits per heavy atom. The molecule has 9 heteroatoms. The molecule has 0 saturated heterocycles. The standard InChI is InChI=1S/C23H25F4NO3S/c1-6-9-28-14(3)31-23(4,5)17-10-15(7-8-18(17)28)11-32(29,30)12-16-21(26)19(24)13(2)20(25)22(16)27/h7-8,10H,3,6,9,11-12H2,1-2,4-5H3. The number of halogens is 4. The minimum absolute atomic E-state index is 0.359. The average molecular weight is 472 g/mol. The molecule has 174 valence electrons. The van der Waals surface area contributed by atoms with Crippen molar-refractivity contribution in [1.82, 2.24) is 0 Å². The Morgan fingerprint density at radius 1 is 1.03 bits per heavy atom. The van der Waals surface area contributed by atoms with Crippen molar-refractivity contribution in [3.8, 4) is 0 Å². The number of hydrogen-bond acceptors (Lipinski definition) is 4. The molecule has 0 fully saturated rings. The fraction of sp³-hybridized carbons (Fsp3) is 0.391. The molecule has 0 bridgehead atoms. The second-order valence-corrected chi connectivity index (χ2v) is 10.5. The summed E-state index contributed by atoms with van der Waals surface area (Å²) in [6, 6.07) is 5.00. The number of nitrogens with zero attached hydrogens (tertiary/aromatic N) is 1. The molecule has 0 N–H and O–H groups in total. The summed E-state index contributed by atoms with van der Waals surface area (Å²) in [5.41, 5.74) is -0.838. The lowest BCUT2D eigenvalue weighted by Crippen LogP contribution is -2.38. The van der Waals surface area contributed by atoms with E-state index in [0.717, 1.165) is 24.6 Å². The lowest BCUT2D eigenvalue weighted by atomic mass is 9.92. The molecule has 0 saturated carbocycles. The fourth-order valence-corrected chi connectivity index (χ4v) is 5.32. The zero-order chi connectivity index (χ0) is 24.0. The predicted molar refractivity (Wildman–Crippen MR) is 115 cm³/mol. The van der Waals surface area contributed by atoms with Gasteiger partial charge in [0.1, 0.15) is 5.60 Å². The number of sulfone groups is 1. The van der Waals surface area contributed by atoms with Crippen LogP contribution in [0.4, 0.5) is 23.2 Å². The van der Waals surface area contributed by atoms with Gasteiger partial charge in [-0.05, 0) is 51.5 Å². The number of ether oxygens (including phenoxy) is 1. The van der Waals surface area contributed by atoms with E-state index < -0.39 is 61.3 Å². The van der Waals surface area contributed by atoms with Gasteiger partial charge in [0, 0.05) is 23.2 Å². The van der Waals surface area contributed by atoms with Crippen LogP contribution >= 0.6 is 0 Å². The Bertz CT molecular complexity index is 1160. The van der Waals surface area contributed by atoms with Crippen molar-refractivity contribution in [2.45, 2.75) is 51.2 Å². The first-order chi connectivity index (χ1) is 14.8. The molecule has 1 heterocycles. The van der Waals surface area contributed by atoms with E-state index in [9.17, 15) is 26.0 Å². The van der Waals surface area contributed by atoms with Gasteiger partial charge in [-0.15, -0.1) is 0 Å². The second kappa shape index (κ2) is 8.42. The zero-order valence-electron chi connectivity index (χ0n) is 18.4. The van der Waals surface area contributed by atoms with Gasteiger partial charge >= 0.3 is 0 Å². The van der Waals surface area contributed by atoms with Crippen molar-refractivity contribution in [2.24, 2.45) is 0 Å². The van der Waals surface area contributed by atoms with E-state index in [-0.39, 0.29) is 0 Å². The minimum Gasteiger partial charge on any atom is -0.468 e. The molecule has 0 unspecified atom stereocenters. The first-order valence-electron chi connectivity index (χ1n) is 10.1. The molecular formula is C23H25F4NO3S. The summed E-state index contributed by atoms with van der Waals surface area (Å²) >= 11 is 0. The van der Waals surface area contributed by atoms with Gasteiger partial charge in [-0.1, -0.05) is 13.0 Å². The zero-order valence-corrected chi connectivity index (χ0v) is 19.2. The van der Waals surface area contributed by atoms with Crippen molar-refractivity contribution < 1.29 is 30.7 Å². The molecule has 0 aliphatic carbocycles. The lowest BCUT2D eigenvalue weighted by Gasteiger charge is -2.42. The summed E-state index contributed by atoms with van der Waals surface area (Å²) in [5, 5.41) is 0. The van der Waals surface area contributed by atoms with Gasteiger partial charge in [0.2, 0.25) is 0 Å². The first kappa shape index (κ1) is 24.1. The van der Waals surface area contributed by atoms with Crippen LogP contribution in [0.15, 0.2) is 30.7 Å². The summed E-state index contributed by atoms with van der Waals surface area (Å²) in [5.74, 6) is -7.84. The quantitative estimate of drug-likeness (QED) is 0.405. The Kier molecular flexibility index (Phi) is 6.34. The van der Waals surface area contributed by atoms with Crippen LogP contribution in [0, 0.1) is 30.2 Å². The van der Waals surface area contributed by atoms with Crippen LogP contribution < -0.4 is 4.90 Å². The van der Waals surface area contributed by atoms with E-state index in [1.165, 1.54) is 0 Å². The SMILES string of the molecule is C=C1OC(C)(C)c2cc(CS(=O)(=O)Cc3c(F)c(F)c(C)c(F)c3F)ccc2N1CCC. The van der Waals surface area contributed by atoms with Crippen LogP contribution in [0.5, 0.6) is 0 Å². The average Bonchev–Trinajstić information content (AvgIpc) is 2.71. The minimum atomic E-state index is -4.16. The molecule has 1 aliphatic rings. The molecular weight excluding hydrogens is 446 g/mol. The van der Waals surface area contributed by atoms with Crippen LogP contribution in [0.2, 0.25) is 0 Å². The van der Waals surface area contributed by atoms with E-state index in [0.29, 0.717) is 18.0 Å². The molecule has 2 aromatic rings. The van der Waals surface area contributed by atoms with Gasteiger partial charge in [0.25, 0.3) is 0 Å². The maximum Gasteiger partial charge on any atom is 0.187 e. The Hall–Kier alpha value is -2.55. The third kappa shape index (κ3) is 4.35. The van der Waals surface area contributed by atoms with Crippen LogP contribution in [-0.2, 0) is 31.7 Å². The molecule has 0 aromatic heterocycles. The van der Waals surface area contributed by atoms with E-state index in [1.807, 2.05) is 25.7 Å². The van der Waals surface area contributed by atoms with Crippen molar-refractivity contribution in [3.63, 3.8) is 0 Å². The molecule has 32 heavy (non-hydrogen) atoms. The molecule has 0 radical (unpaired) electrons. The summed E-state index contributed by atoms with van der Waals surface area (Å²) in [7, 11) is -4.16. The fourth-order valence-electron chi connectivity index (χ4n) is 3.84. The van der Waals surface area contributed by atoms with Crippen molar-refractivity contribution in [2.75, 3.05) is 11.4 Å². The predicted octanol–water partition coefficient (Wildman–Crippen LogP) is 5.62. The molecule has 0 atom stereocenters. The lowest BCUT2D eigenvalue weighted by molar-refractivity contribution is 0.0204. The summed E-state index contributed by atoms with van der Waals surface area (Å²) < 4.78 is 87.3.